The summed E-state index contributed by atoms with van der Waals surface area (Å²) in [7, 11) is 0. The van der Waals surface area contributed by atoms with Crippen molar-refractivity contribution in [2.24, 2.45) is 11.3 Å². The molecule has 0 spiro atoms. The maximum atomic E-state index is 9.76. The van der Waals surface area contributed by atoms with Crippen LogP contribution in [0, 0.1) is 25.2 Å². The Bertz CT molecular complexity index is 435. The minimum atomic E-state index is 0.440. The fourth-order valence-electron chi connectivity index (χ4n) is 3.19. The van der Waals surface area contributed by atoms with Crippen LogP contribution in [-0.4, -0.2) is 11.7 Å². The van der Waals surface area contributed by atoms with Crippen LogP contribution in [0.5, 0.6) is 5.75 Å². The van der Waals surface area contributed by atoms with E-state index in [0.29, 0.717) is 11.2 Å². The van der Waals surface area contributed by atoms with Gasteiger partial charge in [-0.2, -0.15) is 0 Å². The monoisotopic (exact) mass is 245 g/mol. The summed E-state index contributed by atoms with van der Waals surface area (Å²) in [6.07, 6.45) is 5.77. The van der Waals surface area contributed by atoms with Gasteiger partial charge in [0.05, 0.1) is 0 Å². The molecule has 0 amide bonds. The Kier molecular flexibility index (Phi) is 2.86. The molecule has 2 heteroatoms. The number of nitrogens with one attached hydrogen (secondary N) is 1. The van der Waals surface area contributed by atoms with Gasteiger partial charge in [-0.05, 0) is 67.6 Å². The molecule has 3 rings (SSSR count). The van der Waals surface area contributed by atoms with Gasteiger partial charge in [0, 0.05) is 13.1 Å². The number of rotatable bonds is 5. The lowest BCUT2D eigenvalue weighted by molar-refractivity contribution is 0.403. The first kappa shape index (κ1) is 12.0. The highest BCUT2D eigenvalue weighted by molar-refractivity contribution is 5.42. The fraction of sp³-hybridized carbons (Fsp3) is 0.625. The van der Waals surface area contributed by atoms with Gasteiger partial charge in [0.15, 0.2) is 0 Å². The second-order valence-electron chi connectivity index (χ2n) is 6.32. The first-order valence-electron chi connectivity index (χ1n) is 7.10. The molecule has 0 heterocycles. The number of hydrogen-bond donors (Lipinski definition) is 2. The van der Waals surface area contributed by atoms with Crippen LogP contribution < -0.4 is 5.32 Å². The third-order valence-corrected chi connectivity index (χ3v) is 4.69. The van der Waals surface area contributed by atoms with Crippen LogP contribution in [0.25, 0.3) is 0 Å². The quantitative estimate of drug-likeness (QED) is 0.834. The van der Waals surface area contributed by atoms with Crippen molar-refractivity contribution in [1.29, 1.82) is 0 Å². The van der Waals surface area contributed by atoms with E-state index in [-0.39, 0.29) is 0 Å². The normalized spacial score (nSPS) is 21.0. The van der Waals surface area contributed by atoms with E-state index < -0.39 is 0 Å². The van der Waals surface area contributed by atoms with E-state index in [1.54, 1.807) is 0 Å². The Morgan fingerprint density at radius 2 is 1.83 bits per heavy atom. The number of phenolic OH excluding ortho intramolecular Hbond substituents is 1. The van der Waals surface area contributed by atoms with Crippen LogP contribution in [-0.2, 0) is 6.54 Å². The van der Waals surface area contributed by atoms with Crippen molar-refractivity contribution in [3.8, 4) is 5.75 Å². The van der Waals surface area contributed by atoms with Crippen LogP contribution in [0.4, 0.5) is 0 Å². The molecule has 0 saturated heterocycles. The standard InChI is InChI=1S/C16H23NO/c1-11-7-13(8-12(2)15(11)18)9-17-10-16(5-6-16)14-3-4-14/h7-8,14,17-18H,3-6,9-10H2,1-2H3. The fourth-order valence-corrected chi connectivity index (χ4v) is 3.19. The van der Waals surface area contributed by atoms with Crippen molar-refractivity contribution in [1.82, 2.24) is 5.32 Å². The van der Waals surface area contributed by atoms with Crippen molar-refractivity contribution in [2.45, 2.75) is 46.1 Å². The van der Waals surface area contributed by atoms with Crippen LogP contribution in [0.15, 0.2) is 12.1 Å². The molecule has 0 radical (unpaired) electrons. The van der Waals surface area contributed by atoms with Crippen molar-refractivity contribution >= 4 is 0 Å². The van der Waals surface area contributed by atoms with Crippen LogP contribution in [0.2, 0.25) is 0 Å². The molecule has 2 saturated carbocycles. The predicted octanol–water partition coefficient (Wildman–Crippen LogP) is 3.29. The molecular weight excluding hydrogens is 222 g/mol. The van der Waals surface area contributed by atoms with Gasteiger partial charge in [0.1, 0.15) is 5.75 Å². The molecular formula is C16H23NO. The Labute approximate surface area is 109 Å². The topological polar surface area (TPSA) is 32.3 Å². The molecule has 2 nitrogen and oxygen atoms in total. The maximum absolute atomic E-state index is 9.76. The molecule has 0 bridgehead atoms. The number of aromatic hydroxyl groups is 1. The average Bonchev–Trinajstić information content (AvgIpc) is 3.16. The molecule has 2 N–H and O–H groups in total. The van der Waals surface area contributed by atoms with E-state index in [0.717, 1.165) is 23.6 Å². The summed E-state index contributed by atoms with van der Waals surface area (Å²) in [5.74, 6) is 1.46. The molecule has 1 aromatic carbocycles. The number of aryl methyl sites for hydroxylation is 2. The zero-order valence-corrected chi connectivity index (χ0v) is 11.4. The van der Waals surface area contributed by atoms with E-state index in [1.807, 2.05) is 13.8 Å². The number of benzene rings is 1. The summed E-state index contributed by atoms with van der Waals surface area (Å²) < 4.78 is 0. The van der Waals surface area contributed by atoms with E-state index in [9.17, 15) is 5.11 Å². The van der Waals surface area contributed by atoms with Gasteiger partial charge in [-0.25, -0.2) is 0 Å². The van der Waals surface area contributed by atoms with Gasteiger partial charge in [0.25, 0.3) is 0 Å². The Hall–Kier alpha value is -1.02. The van der Waals surface area contributed by atoms with Crippen LogP contribution >= 0.6 is 0 Å². The van der Waals surface area contributed by atoms with Gasteiger partial charge in [0.2, 0.25) is 0 Å². The molecule has 0 atom stereocenters. The van der Waals surface area contributed by atoms with Gasteiger partial charge in [-0.15, -0.1) is 0 Å². The molecule has 0 unspecified atom stereocenters. The highest BCUT2D eigenvalue weighted by Gasteiger charge is 2.53. The van der Waals surface area contributed by atoms with Crippen molar-refractivity contribution in [3.05, 3.63) is 28.8 Å². The maximum Gasteiger partial charge on any atom is 0.121 e. The number of phenols is 1. The molecule has 18 heavy (non-hydrogen) atoms. The third kappa shape index (κ3) is 2.26. The second kappa shape index (κ2) is 4.27. The minimum absolute atomic E-state index is 0.440. The summed E-state index contributed by atoms with van der Waals surface area (Å²) in [5.41, 5.74) is 3.92. The van der Waals surface area contributed by atoms with Gasteiger partial charge in [-0.1, -0.05) is 12.1 Å². The van der Waals surface area contributed by atoms with Crippen LogP contribution in [0.1, 0.15) is 42.4 Å². The van der Waals surface area contributed by atoms with E-state index in [4.69, 9.17) is 0 Å². The summed E-state index contributed by atoms with van der Waals surface area (Å²) >= 11 is 0. The summed E-state index contributed by atoms with van der Waals surface area (Å²) in [6, 6.07) is 4.18. The highest BCUT2D eigenvalue weighted by atomic mass is 16.3. The number of hydrogen-bond acceptors (Lipinski definition) is 2. The largest absolute Gasteiger partial charge is 0.507 e. The van der Waals surface area contributed by atoms with E-state index >= 15 is 0 Å². The van der Waals surface area contributed by atoms with Crippen LogP contribution in [0.3, 0.4) is 0 Å². The lowest BCUT2D eigenvalue weighted by Gasteiger charge is -2.15. The smallest absolute Gasteiger partial charge is 0.121 e. The molecule has 2 aliphatic carbocycles. The summed E-state index contributed by atoms with van der Waals surface area (Å²) in [6.45, 7) is 6.05. The molecule has 2 fully saturated rings. The zero-order chi connectivity index (χ0) is 12.8. The van der Waals surface area contributed by atoms with Crippen molar-refractivity contribution < 1.29 is 5.11 Å². The molecule has 1 aromatic rings. The minimum Gasteiger partial charge on any atom is -0.507 e. The molecule has 2 aliphatic rings. The zero-order valence-electron chi connectivity index (χ0n) is 11.4. The Morgan fingerprint density at radius 1 is 1.22 bits per heavy atom. The van der Waals surface area contributed by atoms with Gasteiger partial charge in [-0.3, -0.25) is 0 Å². The lowest BCUT2D eigenvalue weighted by Crippen LogP contribution is -2.25. The van der Waals surface area contributed by atoms with Gasteiger partial charge < -0.3 is 10.4 Å². The highest BCUT2D eigenvalue weighted by Crippen LogP contribution is 2.60. The summed E-state index contributed by atoms with van der Waals surface area (Å²) in [4.78, 5) is 0. The first-order chi connectivity index (χ1) is 8.61. The van der Waals surface area contributed by atoms with Crippen molar-refractivity contribution in [3.63, 3.8) is 0 Å². The second-order valence-corrected chi connectivity index (χ2v) is 6.32. The third-order valence-electron chi connectivity index (χ3n) is 4.69. The van der Waals surface area contributed by atoms with E-state index in [2.05, 4.69) is 17.4 Å². The van der Waals surface area contributed by atoms with Gasteiger partial charge >= 0.3 is 0 Å². The lowest BCUT2D eigenvalue weighted by atomic mass is 10.0. The molecule has 0 aromatic heterocycles. The average molecular weight is 245 g/mol. The molecule has 0 aliphatic heterocycles. The Morgan fingerprint density at radius 3 is 2.33 bits per heavy atom. The van der Waals surface area contributed by atoms with Crippen molar-refractivity contribution in [2.75, 3.05) is 6.54 Å². The SMILES string of the molecule is Cc1cc(CNCC2(C3CC3)CC2)cc(C)c1O. The Balaban J connectivity index is 1.57. The predicted molar refractivity (Wildman–Crippen MR) is 73.7 cm³/mol. The first-order valence-corrected chi connectivity index (χ1v) is 7.10. The van der Waals surface area contributed by atoms with E-state index in [1.165, 1.54) is 37.8 Å². The molecule has 98 valence electrons. The summed E-state index contributed by atoms with van der Waals surface area (Å²) in [5, 5.41) is 13.4.